The molecular formula is C12H11F6NO2. The zero-order valence-corrected chi connectivity index (χ0v) is 10.9. The van der Waals surface area contributed by atoms with Crippen molar-refractivity contribution in [2.45, 2.75) is 31.8 Å². The summed E-state index contributed by atoms with van der Waals surface area (Å²) in [7, 11) is 0. The molecule has 21 heavy (non-hydrogen) atoms. The van der Waals surface area contributed by atoms with Crippen molar-refractivity contribution in [3.05, 3.63) is 29.3 Å². The van der Waals surface area contributed by atoms with Crippen LogP contribution in [0.4, 0.5) is 32.0 Å². The van der Waals surface area contributed by atoms with Crippen molar-refractivity contribution in [1.82, 2.24) is 0 Å². The molecule has 1 aromatic carbocycles. The number of anilines is 1. The molecule has 1 amide bonds. The lowest BCUT2D eigenvalue weighted by Gasteiger charge is -2.34. The number of carbonyl (C=O) groups excluding carboxylic acids is 1. The lowest BCUT2D eigenvalue weighted by Crippen LogP contribution is -2.54. The molecule has 0 aliphatic rings. The quantitative estimate of drug-likeness (QED) is 0.823. The number of amides is 1. The minimum atomic E-state index is -5.97. The molecule has 0 saturated carbocycles. The van der Waals surface area contributed by atoms with Crippen molar-refractivity contribution in [3.8, 4) is 0 Å². The minimum absolute atomic E-state index is 0.282. The molecule has 0 fully saturated rings. The van der Waals surface area contributed by atoms with Gasteiger partial charge in [-0.05, 0) is 24.6 Å². The number of hydrogen-bond donors (Lipinski definition) is 2. The number of aryl methyl sites for hydroxylation is 1. The van der Waals surface area contributed by atoms with Crippen LogP contribution in [0.1, 0.15) is 18.1 Å². The van der Waals surface area contributed by atoms with Gasteiger partial charge in [-0.25, -0.2) is 0 Å². The number of alkyl halides is 6. The van der Waals surface area contributed by atoms with Gasteiger partial charge in [0.2, 0.25) is 5.91 Å². The summed E-state index contributed by atoms with van der Waals surface area (Å²) in [5.74, 6) is -0.674. The number of carbonyl (C=O) groups is 1. The van der Waals surface area contributed by atoms with E-state index < -0.39 is 35.0 Å². The molecule has 0 radical (unpaired) electrons. The Morgan fingerprint density at radius 2 is 1.57 bits per heavy atom. The Hall–Kier alpha value is -1.77. The van der Waals surface area contributed by atoms with Crippen LogP contribution in [0.25, 0.3) is 0 Å². The summed E-state index contributed by atoms with van der Waals surface area (Å²) in [6.45, 7) is 2.04. The van der Waals surface area contributed by atoms with Gasteiger partial charge in [-0.3, -0.25) is 4.79 Å². The molecule has 1 aromatic rings. The Morgan fingerprint density at radius 3 is 1.95 bits per heavy atom. The van der Waals surface area contributed by atoms with Crippen LogP contribution in [0.3, 0.4) is 0 Å². The second-order valence-electron chi connectivity index (χ2n) is 4.42. The maximum Gasteiger partial charge on any atom is 0.430 e. The monoisotopic (exact) mass is 315 g/mol. The van der Waals surface area contributed by atoms with Crippen LogP contribution in [0.15, 0.2) is 18.2 Å². The van der Waals surface area contributed by atoms with Gasteiger partial charge in [0.15, 0.2) is 0 Å². The van der Waals surface area contributed by atoms with E-state index in [1.165, 1.54) is 0 Å². The van der Waals surface area contributed by atoms with Gasteiger partial charge in [0, 0.05) is 18.2 Å². The molecule has 9 heteroatoms. The van der Waals surface area contributed by atoms with Gasteiger partial charge in [-0.15, -0.1) is 0 Å². The van der Waals surface area contributed by atoms with Crippen molar-refractivity contribution in [1.29, 1.82) is 0 Å². The molecule has 0 aliphatic carbocycles. The molecule has 1 rings (SSSR count). The lowest BCUT2D eigenvalue weighted by atomic mass is 9.88. The standard InChI is InChI=1S/C12H11F6NO2/c1-6-3-4-8(19-7(2)20)5-9(6)10(21,11(13,14)15)12(16,17)18/h3-5,21H,1-2H3,(H,19,20). The Kier molecular flexibility index (Phi) is 4.29. The van der Waals surface area contributed by atoms with Gasteiger partial charge in [-0.1, -0.05) is 6.07 Å². The van der Waals surface area contributed by atoms with Crippen LogP contribution in [-0.2, 0) is 10.4 Å². The summed E-state index contributed by atoms with van der Waals surface area (Å²) < 4.78 is 76.8. The first-order valence-electron chi connectivity index (χ1n) is 5.55. The summed E-state index contributed by atoms with van der Waals surface area (Å²) in [5.41, 5.74) is -7.09. The van der Waals surface area contributed by atoms with E-state index in [2.05, 4.69) is 5.32 Å². The van der Waals surface area contributed by atoms with E-state index in [1.807, 2.05) is 0 Å². The maximum absolute atomic E-state index is 12.8. The fraction of sp³-hybridized carbons (Fsp3) is 0.417. The van der Waals surface area contributed by atoms with E-state index in [4.69, 9.17) is 0 Å². The predicted molar refractivity (Wildman–Crippen MR) is 61.5 cm³/mol. The number of aliphatic hydroxyl groups is 1. The second kappa shape index (κ2) is 5.21. The van der Waals surface area contributed by atoms with Gasteiger partial charge >= 0.3 is 12.4 Å². The average Bonchev–Trinajstić information content (AvgIpc) is 2.27. The number of halogens is 6. The minimum Gasteiger partial charge on any atom is -0.369 e. The van der Waals surface area contributed by atoms with Crippen molar-refractivity contribution in [2.24, 2.45) is 0 Å². The SMILES string of the molecule is CC(=O)Nc1ccc(C)c(C(O)(C(F)(F)F)C(F)(F)F)c1. The predicted octanol–water partition coefficient (Wildman–Crippen LogP) is 3.27. The smallest absolute Gasteiger partial charge is 0.369 e. The highest BCUT2D eigenvalue weighted by Crippen LogP contribution is 2.51. The Balaban J connectivity index is 3.56. The van der Waals surface area contributed by atoms with Gasteiger partial charge in [-0.2, -0.15) is 26.3 Å². The molecule has 0 aliphatic heterocycles. The molecule has 0 aromatic heterocycles. The van der Waals surface area contributed by atoms with Gasteiger partial charge in [0.1, 0.15) is 0 Å². The highest BCUT2D eigenvalue weighted by atomic mass is 19.4. The fourth-order valence-electron chi connectivity index (χ4n) is 1.76. The molecule has 0 bridgehead atoms. The summed E-state index contributed by atoms with van der Waals surface area (Å²) in [4.78, 5) is 10.8. The van der Waals surface area contributed by atoms with Crippen LogP contribution < -0.4 is 5.32 Å². The first-order chi connectivity index (χ1) is 9.30. The molecule has 0 unspecified atom stereocenters. The Bertz CT molecular complexity index is 536. The summed E-state index contributed by atoms with van der Waals surface area (Å²) in [6.07, 6.45) is -11.9. The van der Waals surface area contributed by atoms with Crippen molar-refractivity contribution < 1.29 is 36.2 Å². The molecule has 0 spiro atoms. The van der Waals surface area contributed by atoms with Gasteiger partial charge in [0.05, 0.1) is 0 Å². The molecule has 0 saturated heterocycles. The molecule has 0 heterocycles. The van der Waals surface area contributed by atoms with E-state index in [-0.39, 0.29) is 5.69 Å². The van der Waals surface area contributed by atoms with E-state index >= 15 is 0 Å². The Morgan fingerprint density at radius 1 is 1.10 bits per heavy atom. The van der Waals surface area contributed by atoms with Crippen LogP contribution in [0.5, 0.6) is 0 Å². The number of nitrogens with one attached hydrogen (secondary N) is 1. The van der Waals surface area contributed by atoms with Crippen LogP contribution in [0, 0.1) is 6.92 Å². The molecular weight excluding hydrogens is 304 g/mol. The van der Waals surface area contributed by atoms with E-state index in [0.717, 1.165) is 26.0 Å². The highest BCUT2D eigenvalue weighted by Gasteiger charge is 2.71. The van der Waals surface area contributed by atoms with Crippen LogP contribution >= 0.6 is 0 Å². The van der Waals surface area contributed by atoms with Crippen LogP contribution in [0.2, 0.25) is 0 Å². The highest BCUT2D eigenvalue weighted by molar-refractivity contribution is 5.88. The summed E-state index contributed by atoms with van der Waals surface area (Å²) in [5, 5.41) is 11.4. The summed E-state index contributed by atoms with van der Waals surface area (Å²) >= 11 is 0. The molecule has 2 N–H and O–H groups in total. The van der Waals surface area contributed by atoms with E-state index in [9.17, 15) is 36.2 Å². The third-order valence-corrected chi connectivity index (χ3v) is 2.77. The van der Waals surface area contributed by atoms with Gasteiger partial charge in [0.25, 0.3) is 5.60 Å². The first kappa shape index (κ1) is 17.3. The molecule has 0 atom stereocenters. The molecule has 3 nitrogen and oxygen atoms in total. The number of hydrogen-bond acceptors (Lipinski definition) is 2. The average molecular weight is 315 g/mol. The van der Waals surface area contributed by atoms with Crippen molar-refractivity contribution in [2.75, 3.05) is 5.32 Å². The topological polar surface area (TPSA) is 49.3 Å². The third-order valence-electron chi connectivity index (χ3n) is 2.77. The van der Waals surface area contributed by atoms with E-state index in [0.29, 0.717) is 6.07 Å². The lowest BCUT2D eigenvalue weighted by molar-refractivity contribution is -0.376. The van der Waals surface area contributed by atoms with Crippen LogP contribution in [-0.4, -0.2) is 23.4 Å². The fourth-order valence-corrected chi connectivity index (χ4v) is 1.76. The maximum atomic E-state index is 12.8. The second-order valence-corrected chi connectivity index (χ2v) is 4.42. The third kappa shape index (κ3) is 3.12. The van der Waals surface area contributed by atoms with Crippen molar-refractivity contribution in [3.63, 3.8) is 0 Å². The number of benzene rings is 1. The first-order valence-corrected chi connectivity index (χ1v) is 5.55. The zero-order valence-electron chi connectivity index (χ0n) is 10.9. The summed E-state index contributed by atoms with van der Waals surface area (Å²) in [6, 6.07) is 2.54. The van der Waals surface area contributed by atoms with Crippen molar-refractivity contribution >= 4 is 11.6 Å². The largest absolute Gasteiger partial charge is 0.430 e. The Labute approximate surface area is 115 Å². The van der Waals surface area contributed by atoms with E-state index in [1.54, 1.807) is 0 Å². The molecule has 118 valence electrons. The number of rotatable bonds is 2. The zero-order chi connectivity index (χ0) is 16.6. The normalized spacial score (nSPS) is 13.2. The van der Waals surface area contributed by atoms with Gasteiger partial charge < -0.3 is 10.4 Å².